The molecule has 2 aromatic rings. The largest absolute Gasteiger partial charge is 0.304 e. The summed E-state index contributed by atoms with van der Waals surface area (Å²) in [5.74, 6) is 0.806. The van der Waals surface area contributed by atoms with Crippen LogP contribution in [-0.2, 0) is 13.6 Å². The van der Waals surface area contributed by atoms with Crippen molar-refractivity contribution in [1.29, 1.82) is 0 Å². The zero-order valence-corrected chi connectivity index (χ0v) is 10.7. The first-order valence-electron chi connectivity index (χ1n) is 6.60. The summed E-state index contributed by atoms with van der Waals surface area (Å²) in [6.07, 6.45) is 4.54. The Morgan fingerprint density at radius 2 is 2.06 bits per heavy atom. The Hall–Kier alpha value is -1.61. The minimum Gasteiger partial charge on any atom is -0.304 e. The summed E-state index contributed by atoms with van der Waals surface area (Å²) in [6, 6.07) is 13.3. The van der Waals surface area contributed by atoms with Crippen molar-refractivity contribution in [3.63, 3.8) is 0 Å². The second-order valence-corrected chi connectivity index (χ2v) is 5.05. The van der Waals surface area contributed by atoms with E-state index < -0.39 is 0 Å². The van der Waals surface area contributed by atoms with Crippen LogP contribution in [0.1, 0.15) is 30.1 Å². The molecule has 0 amide bonds. The van der Waals surface area contributed by atoms with Crippen molar-refractivity contribution in [2.75, 3.05) is 0 Å². The molecule has 94 valence electrons. The smallest absolute Gasteiger partial charge is 0.0518 e. The number of nitrogens with zero attached hydrogens (tertiary/aromatic N) is 2. The Bertz CT molecular complexity index is 499. The van der Waals surface area contributed by atoms with Crippen LogP contribution in [0.25, 0.3) is 0 Å². The predicted octanol–water partition coefficient (Wildman–Crippen LogP) is 2.66. The van der Waals surface area contributed by atoms with E-state index in [0.717, 1.165) is 12.5 Å². The van der Waals surface area contributed by atoms with Crippen molar-refractivity contribution in [3.05, 3.63) is 53.9 Å². The maximum absolute atomic E-state index is 4.20. The molecule has 18 heavy (non-hydrogen) atoms. The van der Waals surface area contributed by atoms with Gasteiger partial charge >= 0.3 is 0 Å². The molecule has 3 nitrogen and oxygen atoms in total. The van der Waals surface area contributed by atoms with Gasteiger partial charge in [-0.2, -0.15) is 5.10 Å². The fourth-order valence-electron chi connectivity index (χ4n) is 2.44. The maximum Gasteiger partial charge on any atom is 0.0518 e. The molecule has 0 spiro atoms. The van der Waals surface area contributed by atoms with Gasteiger partial charge in [0.25, 0.3) is 0 Å². The van der Waals surface area contributed by atoms with Crippen LogP contribution in [0.4, 0.5) is 0 Å². The van der Waals surface area contributed by atoms with Gasteiger partial charge in [0.05, 0.1) is 5.69 Å². The van der Waals surface area contributed by atoms with E-state index in [1.54, 1.807) is 0 Å². The fourth-order valence-corrected chi connectivity index (χ4v) is 2.44. The topological polar surface area (TPSA) is 29.9 Å². The molecular weight excluding hydrogens is 222 g/mol. The average molecular weight is 241 g/mol. The van der Waals surface area contributed by atoms with E-state index in [2.05, 4.69) is 46.8 Å². The summed E-state index contributed by atoms with van der Waals surface area (Å²) in [5.41, 5.74) is 2.64. The van der Waals surface area contributed by atoms with Crippen molar-refractivity contribution in [1.82, 2.24) is 15.1 Å². The summed E-state index contributed by atoms with van der Waals surface area (Å²) in [5, 5.41) is 7.88. The lowest BCUT2D eigenvalue weighted by atomic mass is 10.0. The molecule has 1 aromatic heterocycles. The minimum absolute atomic E-state index is 0.487. The van der Waals surface area contributed by atoms with Crippen LogP contribution in [0, 0.1) is 5.92 Å². The van der Waals surface area contributed by atoms with Crippen LogP contribution in [0.2, 0.25) is 0 Å². The molecule has 1 aromatic carbocycles. The molecule has 1 atom stereocenters. The van der Waals surface area contributed by atoms with Gasteiger partial charge in [-0.25, -0.2) is 0 Å². The number of nitrogens with one attached hydrogen (secondary N) is 1. The fraction of sp³-hybridized carbons (Fsp3) is 0.400. The SMILES string of the molecule is Cn1nccc1CNC(c1ccccc1)C1CC1. The van der Waals surface area contributed by atoms with Gasteiger partial charge in [0.15, 0.2) is 0 Å². The zero-order valence-electron chi connectivity index (χ0n) is 10.7. The molecule has 1 aliphatic carbocycles. The van der Waals surface area contributed by atoms with Gasteiger partial charge in [0.2, 0.25) is 0 Å². The number of rotatable bonds is 5. The first-order valence-corrected chi connectivity index (χ1v) is 6.60. The Kier molecular flexibility index (Phi) is 3.15. The molecular formula is C15H19N3. The molecule has 3 rings (SSSR count). The van der Waals surface area contributed by atoms with Gasteiger partial charge in [-0.15, -0.1) is 0 Å². The Labute approximate surface area is 108 Å². The third-order valence-corrected chi connectivity index (χ3v) is 3.68. The predicted molar refractivity (Wildman–Crippen MR) is 72.0 cm³/mol. The van der Waals surface area contributed by atoms with Gasteiger partial charge < -0.3 is 5.32 Å². The zero-order chi connectivity index (χ0) is 12.4. The van der Waals surface area contributed by atoms with Crippen LogP contribution >= 0.6 is 0 Å². The lowest BCUT2D eigenvalue weighted by molar-refractivity contribution is 0.469. The van der Waals surface area contributed by atoms with E-state index in [1.807, 2.05) is 17.9 Å². The molecule has 1 N–H and O–H groups in total. The number of benzene rings is 1. The Morgan fingerprint density at radius 1 is 1.28 bits per heavy atom. The third kappa shape index (κ3) is 2.46. The van der Waals surface area contributed by atoms with Crippen LogP contribution in [0.3, 0.4) is 0 Å². The number of aryl methyl sites for hydroxylation is 1. The highest BCUT2D eigenvalue weighted by atomic mass is 15.3. The van der Waals surface area contributed by atoms with Crippen molar-refractivity contribution >= 4 is 0 Å². The summed E-state index contributed by atoms with van der Waals surface area (Å²) < 4.78 is 1.93. The molecule has 1 heterocycles. The summed E-state index contributed by atoms with van der Waals surface area (Å²) in [6.45, 7) is 0.882. The Balaban J connectivity index is 1.70. The normalized spacial score (nSPS) is 16.7. The lowest BCUT2D eigenvalue weighted by Gasteiger charge is -2.18. The lowest BCUT2D eigenvalue weighted by Crippen LogP contribution is -2.23. The summed E-state index contributed by atoms with van der Waals surface area (Å²) in [7, 11) is 1.99. The van der Waals surface area contributed by atoms with Gasteiger partial charge in [0, 0.05) is 25.8 Å². The van der Waals surface area contributed by atoms with Gasteiger partial charge in [-0.05, 0) is 30.4 Å². The Morgan fingerprint density at radius 3 is 2.67 bits per heavy atom. The molecule has 1 saturated carbocycles. The molecule has 1 unspecified atom stereocenters. The van der Waals surface area contributed by atoms with E-state index in [1.165, 1.54) is 24.1 Å². The molecule has 3 heteroatoms. The number of hydrogen-bond donors (Lipinski definition) is 1. The van der Waals surface area contributed by atoms with Gasteiger partial charge in [-0.1, -0.05) is 30.3 Å². The quantitative estimate of drug-likeness (QED) is 0.872. The molecule has 1 fully saturated rings. The van der Waals surface area contributed by atoms with Crippen molar-refractivity contribution in [2.45, 2.75) is 25.4 Å². The molecule has 0 aliphatic heterocycles. The van der Waals surface area contributed by atoms with Crippen LogP contribution in [-0.4, -0.2) is 9.78 Å². The average Bonchev–Trinajstić information content (AvgIpc) is 3.15. The second kappa shape index (κ2) is 4.94. The first-order chi connectivity index (χ1) is 8.84. The van der Waals surface area contributed by atoms with Crippen LogP contribution in [0.5, 0.6) is 0 Å². The van der Waals surface area contributed by atoms with E-state index in [9.17, 15) is 0 Å². The molecule has 0 bridgehead atoms. The monoisotopic (exact) mass is 241 g/mol. The van der Waals surface area contributed by atoms with Crippen molar-refractivity contribution in [3.8, 4) is 0 Å². The maximum atomic E-state index is 4.20. The van der Waals surface area contributed by atoms with Crippen molar-refractivity contribution < 1.29 is 0 Å². The highest BCUT2D eigenvalue weighted by molar-refractivity contribution is 5.21. The van der Waals surface area contributed by atoms with E-state index in [4.69, 9.17) is 0 Å². The van der Waals surface area contributed by atoms with Crippen molar-refractivity contribution in [2.24, 2.45) is 13.0 Å². The van der Waals surface area contributed by atoms with Crippen LogP contribution in [0.15, 0.2) is 42.6 Å². The minimum atomic E-state index is 0.487. The van der Waals surface area contributed by atoms with E-state index in [0.29, 0.717) is 6.04 Å². The molecule has 0 saturated heterocycles. The highest BCUT2D eigenvalue weighted by Crippen LogP contribution is 2.41. The number of aromatic nitrogens is 2. The third-order valence-electron chi connectivity index (χ3n) is 3.68. The van der Waals surface area contributed by atoms with E-state index in [-0.39, 0.29) is 0 Å². The first kappa shape index (κ1) is 11.5. The number of hydrogen-bond acceptors (Lipinski definition) is 2. The highest BCUT2D eigenvalue weighted by Gasteiger charge is 2.31. The summed E-state index contributed by atoms with van der Waals surface area (Å²) >= 11 is 0. The molecule has 0 radical (unpaired) electrons. The summed E-state index contributed by atoms with van der Waals surface area (Å²) in [4.78, 5) is 0. The van der Waals surface area contributed by atoms with Gasteiger partial charge in [0.1, 0.15) is 0 Å². The standard InChI is InChI=1S/C15H19N3/c1-18-14(9-10-17-18)11-16-15(13-7-8-13)12-5-3-2-4-6-12/h2-6,9-10,13,15-16H,7-8,11H2,1H3. The van der Waals surface area contributed by atoms with Gasteiger partial charge in [-0.3, -0.25) is 4.68 Å². The van der Waals surface area contributed by atoms with Crippen LogP contribution < -0.4 is 5.32 Å². The van der Waals surface area contributed by atoms with E-state index >= 15 is 0 Å². The second-order valence-electron chi connectivity index (χ2n) is 5.05. The molecule has 1 aliphatic rings.